The first kappa shape index (κ1) is 26.2. The van der Waals surface area contributed by atoms with Crippen molar-refractivity contribution in [3.8, 4) is 5.75 Å². The normalized spacial score (nSPS) is 27.8. The van der Waals surface area contributed by atoms with E-state index in [1.54, 1.807) is 14.1 Å². The molecule has 3 aliphatic rings. The molecule has 0 fully saturated rings. The fraction of sp³-hybridized carbons (Fsp3) is 0.480. The van der Waals surface area contributed by atoms with Crippen LogP contribution in [0.15, 0.2) is 28.7 Å². The number of rotatable bonds is 6. The van der Waals surface area contributed by atoms with Crippen LogP contribution in [0.25, 0.3) is 0 Å². The van der Waals surface area contributed by atoms with E-state index < -0.39 is 58.0 Å². The van der Waals surface area contributed by atoms with E-state index in [1.165, 1.54) is 11.0 Å². The molecule has 194 valence electrons. The van der Waals surface area contributed by atoms with Crippen molar-refractivity contribution < 1.29 is 34.8 Å². The number of amides is 1. The van der Waals surface area contributed by atoms with Gasteiger partial charge in [0.1, 0.15) is 22.8 Å². The Morgan fingerprint density at radius 1 is 1.28 bits per heavy atom. The third kappa shape index (κ3) is 3.62. The third-order valence-corrected chi connectivity index (χ3v) is 7.94. The summed E-state index contributed by atoms with van der Waals surface area (Å²) in [6.45, 7) is 3.13. The van der Waals surface area contributed by atoms with E-state index in [1.807, 2.05) is 6.92 Å². The average molecular weight is 520 g/mol. The fourth-order valence-corrected chi connectivity index (χ4v) is 6.18. The van der Waals surface area contributed by atoms with E-state index in [2.05, 4.69) is 5.32 Å². The number of nitrogens with zero attached hydrogens (tertiary/aromatic N) is 1. The molecule has 4 rings (SSSR count). The van der Waals surface area contributed by atoms with Gasteiger partial charge >= 0.3 is 0 Å². The fourth-order valence-electron chi connectivity index (χ4n) is 5.88. The predicted octanol–water partition coefficient (Wildman–Crippen LogP) is 1.27. The van der Waals surface area contributed by atoms with Gasteiger partial charge in [0, 0.05) is 23.1 Å². The Bertz CT molecular complexity index is 1240. The van der Waals surface area contributed by atoms with Crippen molar-refractivity contribution in [2.45, 2.75) is 44.4 Å². The summed E-state index contributed by atoms with van der Waals surface area (Å²) in [5.41, 5.74) is 2.56. The molecule has 0 radical (unpaired) electrons. The van der Waals surface area contributed by atoms with Crippen molar-refractivity contribution in [3.63, 3.8) is 0 Å². The van der Waals surface area contributed by atoms with Gasteiger partial charge in [-0.15, -0.1) is 0 Å². The molecule has 10 nitrogen and oxygen atoms in total. The number of ketones is 2. The molecule has 0 spiro atoms. The second-order valence-electron chi connectivity index (χ2n) is 9.86. The molecule has 7 N–H and O–H groups in total. The van der Waals surface area contributed by atoms with Gasteiger partial charge in [-0.25, -0.2) is 0 Å². The summed E-state index contributed by atoms with van der Waals surface area (Å²) in [7, 11) is 3.16. The van der Waals surface area contributed by atoms with Crippen LogP contribution < -0.4 is 11.1 Å². The van der Waals surface area contributed by atoms with Crippen LogP contribution in [-0.4, -0.2) is 75.1 Å². The molecule has 1 aromatic carbocycles. The van der Waals surface area contributed by atoms with Gasteiger partial charge in [-0.1, -0.05) is 18.5 Å². The third-order valence-electron chi connectivity index (χ3n) is 7.47. The number of nitrogens with one attached hydrogen (secondary N) is 1. The maximum absolute atomic E-state index is 13.6. The summed E-state index contributed by atoms with van der Waals surface area (Å²) in [5.74, 6) is -6.85. The predicted molar refractivity (Wildman–Crippen MR) is 131 cm³/mol. The summed E-state index contributed by atoms with van der Waals surface area (Å²) in [6, 6.07) is 0.351. The largest absolute Gasteiger partial charge is 0.510 e. The van der Waals surface area contributed by atoms with Gasteiger partial charge in [0.25, 0.3) is 5.91 Å². The standard InChI is InChI=1S/C25H30ClN3O7/c1-4-5-28-9-11-8-14(30)16-12(18(11)26)6-10-7-13-19(29(2)3)21(32)17(24(27)35)23(34)25(13,36)22(33)15(10)20(16)31/h8,10,13,19,28,30,32-33,36H,4-7,9H2,1-3H3,(H2,27,35)/t10-,13-,19-,25-/m0/s1. The summed E-state index contributed by atoms with van der Waals surface area (Å²) in [5, 5.41) is 47.9. The zero-order valence-electron chi connectivity index (χ0n) is 20.3. The number of primary amides is 1. The Balaban J connectivity index is 1.88. The molecule has 0 saturated heterocycles. The van der Waals surface area contributed by atoms with Crippen LogP contribution in [0.3, 0.4) is 0 Å². The van der Waals surface area contributed by atoms with E-state index in [-0.39, 0.29) is 29.7 Å². The molecule has 4 atom stereocenters. The van der Waals surface area contributed by atoms with Gasteiger partial charge in [0.2, 0.25) is 5.78 Å². The quantitative estimate of drug-likeness (QED) is 0.239. The Labute approximate surface area is 213 Å². The Morgan fingerprint density at radius 2 is 1.94 bits per heavy atom. The van der Waals surface area contributed by atoms with Crippen molar-refractivity contribution in [2.75, 3.05) is 20.6 Å². The molecule has 0 bridgehead atoms. The number of aromatic hydroxyl groups is 1. The minimum Gasteiger partial charge on any atom is -0.510 e. The number of halogens is 1. The van der Waals surface area contributed by atoms with Gasteiger partial charge in [0.15, 0.2) is 11.4 Å². The second-order valence-corrected chi connectivity index (χ2v) is 10.2. The number of hydrogen-bond donors (Lipinski definition) is 6. The lowest BCUT2D eigenvalue weighted by Crippen LogP contribution is -2.63. The highest BCUT2D eigenvalue weighted by Crippen LogP contribution is 2.53. The van der Waals surface area contributed by atoms with E-state index in [4.69, 9.17) is 17.3 Å². The number of Topliss-reactive ketones (excluding diaryl/α,β-unsaturated/α-hetero) is 2. The van der Waals surface area contributed by atoms with Crippen molar-refractivity contribution in [1.82, 2.24) is 10.2 Å². The molecular formula is C25H30ClN3O7. The Hall–Kier alpha value is -2.92. The topological polar surface area (TPSA) is 173 Å². The average Bonchev–Trinajstić information content (AvgIpc) is 2.79. The molecule has 1 amide bonds. The summed E-state index contributed by atoms with van der Waals surface area (Å²) in [4.78, 5) is 40.4. The first-order chi connectivity index (χ1) is 16.9. The zero-order chi connectivity index (χ0) is 26.7. The molecular weight excluding hydrogens is 490 g/mol. The number of carbonyl (C=O) groups excluding carboxylic acids is 3. The number of aliphatic hydroxyl groups excluding tert-OH is 2. The summed E-state index contributed by atoms with van der Waals surface area (Å²) in [6.07, 6.45) is 1.07. The Kier molecular flexibility index (Phi) is 6.67. The van der Waals surface area contributed by atoms with Crippen molar-refractivity contribution in [1.29, 1.82) is 0 Å². The highest BCUT2D eigenvalue weighted by atomic mass is 35.5. The lowest BCUT2D eigenvalue weighted by atomic mass is 9.58. The minimum absolute atomic E-state index is 0.0150. The number of hydrogen-bond acceptors (Lipinski definition) is 9. The van der Waals surface area contributed by atoms with Gasteiger partial charge in [-0.2, -0.15) is 0 Å². The highest BCUT2D eigenvalue weighted by molar-refractivity contribution is 6.33. The highest BCUT2D eigenvalue weighted by Gasteiger charge is 2.63. The molecule has 0 aromatic heterocycles. The molecule has 0 unspecified atom stereocenters. The zero-order valence-corrected chi connectivity index (χ0v) is 21.0. The number of phenols is 1. The van der Waals surface area contributed by atoms with E-state index in [9.17, 15) is 34.8 Å². The van der Waals surface area contributed by atoms with Crippen molar-refractivity contribution >= 4 is 29.1 Å². The molecule has 11 heteroatoms. The van der Waals surface area contributed by atoms with Gasteiger partial charge in [0.05, 0.1) is 11.6 Å². The molecule has 36 heavy (non-hydrogen) atoms. The SMILES string of the molecule is CCCNCc1cc(O)c2c(c1Cl)C[C@H]1C[C@H]3[C@H](N(C)C)C(O)=C(C(N)=O)C(=O)[C@@]3(O)C(O)=C1C2=O. The van der Waals surface area contributed by atoms with Gasteiger partial charge in [-0.3, -0.25) is 19.3 Å². The first-order valence-electron chi connectivity index (χ1n) is 11.8. The number of likely N-dealkylation sites (N-methyl/N-ethyl adjacent to an activating group) is 1. The molecule has 1 aromatic rings. The molecule has 0 aliphatic heterocycles. The second kappa shape index (κ2) is 9.19. The lowest BCUT2D eigenvalue weighted by Gasteiger charge is -2.50. The smallest absolute Gasteiger partial charge is 0.255 e. The first-order valence-corrected chi connectivity index (χ1v) is 12.1. The number of benzene rings is 1. The number of aliphatic hydroxyl groups is 3. The molecule has 0 heterocycles. The van der Waals surface area contributed by atoms with Crippen LogP contribution >= 0.6 is 11.6 Å². The molecule has 0 saturated carbocycles. The maximum Gasteiger partial charge on any atom is 0.255 e. The van der Waals surface area contributed by atoms with E-state index in [0.29, 0.717) is 22.7 Å². The lowest BCUT2D eigenvalue weighted by molar-refractivity contribution is -0.148. The van der Waals surface area contributed by atoms with Crippen LogP contribution in [0.4, 0.5) is 0 Å². The monoisotopic (exact) mass is 519 g/mol. The van der Waals surface area contributed by atoms with Crippen molar-refractivity contribution in [2.24, 2.45) is 17.6 Å². The van der Waals surface area contributed by atoms with Crippen LogP contribution in [0, 0.1) is 11.8 Å². The molecule has 3 aliphatic carbocycles. The van der Waals surface area contributed by atoms with E-state index in [0.717, 1.165) is 13.0 Å². The van der Waals surface area contributed by atoms with Crippen LogP contribution in [0.5, 0.6) is 5.75 Å². The number of fused-ring (bicyclic) bond motifs is 3. The maximum atomic E-state index is 13.6. The van der Waals surface area contributed by atoms with Crippen LogP contribution in [0.2, 0.25) is 5.02 Å². The number of allylic oxidation sites excluding steroid dienone is 1. The van der Waals surface area contributed by atoms with E-state index >= 15 is 0 Å². The minimum atomic E-state index is -2.66. The van der Waals surface area contributed by atoms with Crippen LogP contribution in [0.1, 0.15) is 41.3 Å². The van der Waals surface area contributed by atoms with Crippen molar-refractivity contribution in [3.05, 3.63) is 50.4 Å². The summed E-state index contributed by atoms with van der Waals surface area (Å²) < 4.78 is 0. The van der Waals surface area contributed by atoms with Gasteiger partial charge in [-0.05, 0) is 63.0 Å². The number of carbonyl (C=O) groups is 3. The number of nitrogens with two attached hydrogens (primary N) is 1. The number of phenolic OH excluding ortho intramolecular Hbond substituents is 1. The van der Waals surface area contributed by atoms with Crippen LogP contribution in [-0.2, 0) is 22.6 Å². The Morgan fingerprint density at radius 3 is 2.53 bits per heavy atom. The van der Waals surface area contributed by atoms with Gasteiger partial charge < -0.3 is 31.5 Å². The summed E-state index contributed by atoms with van der Waals surface area (Å²) >= 11 is 6.66.